The molecule has 3 aromatic carbocycles. The van der Waals surface area contributed by atoms with Crippen LogP contribution < -0.4 is 0 Å². The summed E-state index contributed by atoms with van der Waals surface area (Å²) in [7, 11) is 0. The topological polar surface area (TPSA) is 12.4 Å². The van der Waals surface area contributed by atoms with E-state index >= 15 is 0 Å². The molecule has 3 heteroatoms. The van der Waals surface area contributed by atoms with Crippen LogP contribution in [0.4, 0.5) is 5.69 Å². The Morgan fingerprint density at radius 2 is 1.24 bits per heavy atom. The first kappa shape index (κ1) is 17.6. The zero-order valence-electron chi connectivity index (χ0n) is 14.0. The number of benzene rings is 3. The summed E-state index contributed by atoms with van der Waals surface area (Å²) >= 11 is 3.42. The summed E-state index contributed by atoms with van der Waals surface area (Å²) in [6, 6.07) is 30.9. The highest BCUT2D eigenvalue weighted by Gasteiger charge is 2.06. The van der Waals surface area contributed by atoms with Crippen molar-refractivity contribution in [1.29, 1.82) is 0 Å². The van der Waals surface area contributed by atoms with Crippen LogP contribution in [0, 0.1) is 0 Å². The van der Waals surface area contributed by atoms with Gasteiger partial charge in [0.1, 0.15) is 5.04 Å². The molecule has 124 valence electrons. The fourth-order valence-corrected chi connectivity index (χ4v) is 3.82. The fraction of sp³-hybridized carbons (Fsp3) is 0.0455. The van der Waals surface area contributed by atoms with E-state index in [4.69, 9.17) is 4.99 Å². The number of rotatable bonds is 5. The maximum atomic E-state index is 4.86. The van der Waals surface area contributed by atoms with E-state index in [0.29, 0.717) is 0 Å². The summed E-state index contributed by atoms with van der Waals surface area (Å²) < 4.78 is 0. The van der Waals surface area contributed by atoms with Crippen molar-refractivity contribution < 1.29 is 0 Å². The predicted molar refractivity (Wildman–Crippen MR) is 112 cm³/mol. The largest absolute Gasteiger partial charge is 0.241 e. The van der Waals surface area contributed by atoms with Crippen LogP contribution in [0.2, 0.25) is 0 Å². The molecule has 0 saturated carbocycles. The predicted octanol–water partition coefficient (Wildman–Crippen LogP) is 7.21. The van der Waals surface area contributed by atoms with E-state index in [9.17, 15) is 0 Å². The molecule has 0 spiro atoms. The lowest BCUT2D eigenvalue weighted by atomic mass is 10.3. The monoisotopic (exact) mass is 361 g/mol. The molecule has 0 heterocycles. The zero-order chi connectivity index (χ0) is 17.3. The SMILES string of the molecule is C/C(=C\Sc1ccccc1)C(=Nc1ccccc1)Sc1ccccc1. The molecular weight excluding hydrogens is 342 g/mol. The minimum Gasteiger partial charge on any atom is -0.241 e. The molecule has 0 amide bonds. The Morgan fingerprint density at radius 3 is 1.84 bits per heavy atom. The summed E-state index contributed by atoms with van der Waals surface area (Å²) in [5.41, 5.74) is 2.13. The Kier molecular flexibility index (Phi) is 6.55. The highest BCUT2D eigenvalue weighted by molar-refractivity contribution is 8.14. The normalized spacial score (nSPS) is 12.2. The Hall–Kier alpha value is -2.23. The standard InChI is InChI=1S/C22H19NS2/c1-18(17-24-20-13-7-3-8-14-20)22(23-19-11-5-2-6-12-19)25-21-15-9-4-10-16-21/h2-17H,1H3/b18-17+,23-22?. The van der Waals surface area contributed by atoms with Gasteiger partial charge in [-0.15, -0.1) is 0 Å². The van der Waals surface area contributed by atoms with Crippen molar-refractivity contribution in [3.8, 4) is 0 Å². The lowest BCUT2D eigenvalue weighted by Gasteiger charge is -2.08. The minimum atomic E-state index is 0.971. The second-order valence-corrected chi connectivity index (χ2v) is 7.40. The molecule has 0 radical (unpaired) electrons. The number of para-hydroxylation sites is 1. The summed E-state index contributed by atoms with van der Waals surface area (Å²) in [5, 5.41) is 3.19. The van der Waals surface area contributed by atoms with Gasteiger partial charge in [-0.1, -0.05) is 78.1 Å². The molecule has 0 unspecified atom stereocenters. The maximum absolute atomic E-state index is 4.86. The highest BCUT2D eigenvalue weighted by Crippen LogP contribution is 2.29. The first-order valence-corrected chi connectivity index (χ1v) is 9.76. The molecule has 0 aliphatic carbocycles. The van der Waals surface area contributed by atoms with Gasteiger partial charge in [0.05, 0.1) is 5.69 Å². The van der Waals surface area contributed by atoms with E-state index < -0.39 is 0 Å². The molecule has 3 aromatic rings. The fourth-order valence-electron chi connectivity index (χ4n) is 2.12. The van der Waals surface area contributed by atoms with Crippen molar-refractivity contribution in [3.05, 3.63) is 102 Å². The van der Waals surface area contributed by atoms with Crippen LogP contribution in [0.3, 0.4) is 0 Å². The number of hydrogen-bond donors (Lipinski definition) is 0. The van der Waals surface area contributed by atoms with Crippen molar-refractivity contribution in [2.45, 2.75) is 16.7 Å². The smallest absolute Gasteiger partial charge is 0.105 e. The van der Waals surface area contributed by atoms with Gasteiger partial charge in [-0.25, -0.2) is 4.99 Å². The maximum Gasteiger partial charge on any atom is 0.105 e. The van der Waals surface area contributed by atoms with Gasteiger partial charge in [-0.2, -0.15) is 0 Å². The second kappa shape index (κ2) is 9.30. The molecule has 0 bridgehead atoms. The lowest BCUT2D eigenvalue weighted by Crippen LogP contribution is -1.94. The van der Waals surface area contributed by atoms with Gasteiger partial charge in [0.2, 0.25) is 0 Å². The van der Waals surface area contributed by atoms with E-state index in [1.165, 1.54) is 9.79 Å². The van der Waals surface area contributed by atoms with E-state index in [0.717, 1.165) is 16.3 Å². The number of nitrogens with zero attached hydrogens (tertiary/aromatic N) is 1. The van der Waals surface area contributed by atoms with Crippen LogP contribution in [0.15, 0.2) is 117 Å². The Balaban J connectivity index is 1.86. The molecule has 0 N–H and O–H groups in total. The van der Waals surface area contributed by atoms with Crippen molar-refractivity contribution in [2.75, 3.05) is 0 Å². The average Bonchev–Trinajstić information content (AvgIpc) is 2.68. The Labute approximate surface area is 157 Å². The molecular formula is C22H19NS2. The van der Waals surface area contributed by atoms with Gasteiger partial charge >= 0.3 is 0 Å². The highest BCUT2D eigenvalue weighted by atomic mass is 32.2. The Morgan fingerprint density at radius 1 is 0.720 bits per heavy atom. The summed E-state index contributed by atoms with van der Waals surface area (Å²) in [6.45, 7) is 2.12. The van der Waals surface area contributed by atoms with Gasteiger partial charge in [0.25, 0.3) is 0 Å². The third-order valence-electron chi connectivity index (χ3n) is 3.40. The molecule has 0 atom stereocenters. The molecule has 3 rings (SSSR count). The van der Waals surface area contributed by atoms with Crippen molar-refractivity contribution >= 4 is 34.3 Å². The van der Waals surface area contributed by atoms with Crippen LogP contribution in [-0.2, 0) is 0 Å². The van der Waals surface area contributed by atoms with E-state index in [-0.39, 0.29) is 0 Å². The number of aliphatic imine (C=N–C) groups is 1. The van der Waals surface area contributed by atoms with Gasteiger partial charge in [-0.3, -0.25) is 0 Å². The molecule has 0 fully saturated rings. The zero-order valence-corrected chi connectivity index (χ0v) is 15.6. The van der Waals surface area contributed by atoms with Crippen molar-refractivity contribution in [1.82, 2.24) is 0 Å². The number of thioether (sulfide) groups is 2. The molecule has 1 nitrogen and oxygen atoms in total. The van der Waals surface area contributed by atoms with Crippen LogP contribution in [0.5, 0.6) is 0 Å². The van der Waals surface area contributed by atoms with Gasteiger partial charge in [0.15, 0.2) is 0 Å². The molecule has 0 aliphatic rings. The summed E-state index contributed by atoms with van der Waals surface area (Å²) in [5.74, 6) is 0. The first-order valence-electron chi connectivity index (χ1n) is 8.07. The molecule has 25 heavy (non-hydrogen) atoms. The first-order chi connectivity index (χ1) is 12.3. The number of hydrogen-bond acceptors (Lipinski definition) is 3. The van der Waals surface area contributed by atoms with Gasteiger partial charge in [-0.05, 0) is 54.3 Å². The van der Waals surface area contributed by atoms with Gasteiger partial charge < -0.3 is 0 Å². The second-order valence-electron chi connectivity index (χ2n) is 5.40. The quantitative estimate of drug-likeness (QED) is 0.270. The average molecular weight is 362 g/mol. The summed E-state index contributed by atoms with van der Waals surface area (Å²) in [6.07, 6.45) is 0. The molecule has 0 saturated heterocycles. The lowest BCUT2D eigenvalue weighted by molar-refractivity contribution is 1.46. The van der Waals surface area contributed by atoms with Crippen LogP contribution in [0.1, 0.15) is 6.92 Å². The van der Waals surface area contributed by atoms with Crippen LogP contribution in [0.25, 0.3) is 0 Å². The van der Waals surface area contributed by atoms with E-state index in [1.54, 1.807) is 23.5 Å². The Bertz CT molecular complexity index is 841. The molecule has 0 aliphatic heterocycles. The third-order valence-corrected chi connectivity index (χ3v) is 5.53. The van der Waals surface area contributed by atoms with Crippen LogP contribution >= 0.6 is 23.5 Å². The van der Waals surface area contributed by atoms with Crippen molar-refractivity contribution in [3.63, 3.8) is 0 Å². The van der Waals surface area contributed by atoms with E-state index in [2.05, 4.69) is 60.9 Å². The van der Waals surface area contributed by atoms with Crippen LogP contribution in [-0.4, -0.2) is 5.04 Å². The van der Waals surface area contributed by atoms with E-state index in [1.807, 2.05) is 42.5 Å². The third kappa shape index (κ3) is 5.66. The summed E-state index contributed by atoms with van der Waals surface area (Å²) in [4.78, 5) is 7.28. The minimum absolute atomic E-state index is 0.971. The molecule has 0 aromatic heterocycles. The van der Waals surface area contributed by atoms with Gasteiger partial charge in [0, 0.05) is 9.79 Å². The van der Waals surface area contributed by atoms with Crippen molar-refractivity contribution in [2.24, 2.45) is 4.99 Å².